The Balaban J connectivity index is 1.54. The molecule has 10 atom stereocenters. The Bertz CT molecular complexity index is 885. The highest BCUT2D eigenvalue weighted by Gasteiger charge is 2.68. The van der Waals surface area contributed by atoms with Crippen molar-refractivity contribution in [2.75, 3.05) is 0 Å². The summed E-state index contributed by atoms with van der Waals surface area (Å²) >= 11 is 0. The van der Waals surface area contributed by atoms with Crippen molar-refractivity contribution in [3.05, 3.63) is 11.6 Å². The van der Waals surface area contributed by atoms with Gasteiger partial charge in [-0.1, -0.05) is 67.0 Å². The number of hydrogen-bond acceptors (Lipinski definition) is 2. The van der Waals surface area contributed by atoms with Crippen molar-refractivity contribution in [1.82, 2.24) is 0 Å². The zero-order valence-electron chi connectivity index (χ0n) is 23.7. The maximum absolute atomic E-state index is 11.9. The van der Waals surface area contributed by atoms with E-state index < -0.39 is 0 Å². The van der Waals surface area contributed by atoms with Crippen LogP contribution in [0, 0.1) is 56.7 Å². The molecular formula is C32H52O2. The van der Waals surface area contributed by atoms with Gasteiger partial charge in [-0.3, -0.25) is 4.79 Å². The Labute approximate surface area is 210 Å². The first-order chi connectivity index (χ1) is 15.7. The molecule has 2 nitrogen and oxygen atoms in total. The average Bonchev–Trinajstić information content (AvgIpc) is 2.74. The van der Waals surface area contributed by atoms with Gasteiger partial charge in [-0.2, -0.15) is 0 Å². The molecule has 0 radical (unpaired) electrons. The maximum Gasteiger partial charge on any atom is 0.302 e. The van der Waals surface area contributed by atoms with Crippen molar-refractivity contribution in [3.8, 4) is 0 Å². The molecule has 0 amide bonds. The van der Waals surface area contributed by atoms with Crippen LogP contribution in [0.5, 0.6) is 0 Å². The molecule has 0 spiro atoms. The third-order valence-electron chi connectivity index (χ3n) is 13.6. The van der Waals surface area contributed by atoms with Gasteiger partial charge in [0.25, 0.3) is 0 Å². The second kappa shape index (κ2) is 7.61. The van der Waals surface area contributed by atoms with E-state index in [0.717, 1.165) is 30.6 Å². The summed E-state index contributed by atoms with van der Waals surface area (Å²) in [7, 11) is 0. The zero-order chi connectivity index (χ0) is 24.9. The summed E-state index contributed by atoms with van der Waals surface area (Å²) in [5, 5.41) is 0. The van der Waals surface area contributed by atoms with Gasteiger partial charge in [0.2, 0.25) is 0 Å². The molecule has 0 bridgehead atoms. The van der Waals surface area contributed by atoms with E-state index >= 15 is 0 Å². The monoisotopic (exact) mass is 468 g/mol. The highest BCUT2D eigenvalue weighted by atomic mass is 16.5. The molecule has 0 aromatic heterocycles. The van der Waals surface area contributed by atoms with E-state index in [4.69, 9.17) is 4.74 Å². The largest absolute Gasteiger partial charge is 0.462 e. The summed E-state index contributed by atoms with van der Waals surface area (Å²) in [4.78, 5) is 11.9. The van der Waals surface area contributed by atoms with Gasteiger partial charge in [-0.15, -0.1) is 0 Å². The van der Waals surface area contributed by atoms with E-state index in [9.17, 15) is 4.79 Å². The number of carbonyl (C=O) groups excluding carboxylic acids is 1. The van der Waals surface area contributed by atoms with Crippen LogP contribution in [0.3, 0.4) is 0 Å². The highest BCUT2D eigenvalue weighted by Crippen LogP contribution is 2.75. The topological polar surface area (TPSA) is 26.3 Å². The van der Waals surface area contributed by atoms with E-state index in [1.54, 1.807) is 6.92 Å². The van der Waals surface area contributed by atoms with Gasteiger partial charge in [0.1, 0.15) is 6.10 Å². The molecule has 0 aromatic carbocycles. The van der Waals surface area contributed by atoms with Crippen LogP contribution in [0.2, 0.25) is 0 Å². The van der Waals surface area contributed by atoms with Gasteiger partial charge in [-0.05, 0) is 109 Å². The Morgan fingerprint density at radius 3 is 2.29 bits per heavy atom. The first kappa shape index (κ1) is 24.9. The van der Waals surface area contributed by atoms with Crippen LogP contribution in [0.15, 0.2) is 11.6 Å². The van der Waals surface area contributed by atoms with E-state index in [1.807, 2.05) is 5.57 Å². The van der Waals surface area contributed by atoms with Crippen molar-refractivity contribution >= 4 is 5.97 Å². The molecule has 34 heavy (non-hydrogen) atoms. The van der Waals surface area contributed by atoms with Crippen LogP contribution in [0.1, 0.15) is 120 Å². The molecule has 5 aliphatic rings. The van der Waals surface area contributed by atoms with Crippen molar-refractivity contribution in [2.24, 2.45) is 56.7 Å². The molecule has 0 unspecified atom stereocenters. The lowest BCUT2D eigenvalue weighted by atomic mass is 9.33. The Morgan fingerprint density at radius 2 is 1.62 bits per heavy atom. The van der Waals surface area contributed by atoms with E-state index in [1.165, 1.54) is 44.9 Å². The standard InChI is InChI=1S/C32H52O2/c1-20-12-15-29(6)18-19-31(8)24-10-11-25-28(4,5)26(34-22(3)33)14-16-30(25,7)23(24)13-17-32(31,9)27(29)21(20)2/h10,20-21,23,25-27H,11-19H2,1-9H3/t20-,21+,23+,25+,26+,27-,29-,30-,31-,32+/m1/s1. The average molecular weight is 469 g/mol. The molecule has 0 heterocycles. The molecule has 192 valence electrons. The predicted octanol–water partition coefficient (Wildman–Crippen LogP) is 8.60. The third-order valence-corrected chi connectivity index (χ3v) is 13.6. The minimum atomic E-state index is -0.115. The molecule has 0 saturated heterocycles. The summed E-state index contributed by atoms with van der Waals surface area (Å²) < 4.78 is 5.89. The lowest BCUT2D eigenvalue weighted by Gasteiger charge is -2.71. The van der Waals surface area contributed by atoms with Crippen molar-refractivity contribution in [2.45, 2.75) is 126 Å². The molecule has 5 aliphatic carbocycles. The van der Waals surface area contributed by atoms with Crippen molar-refractivity contribution in [1.29, 1.82) is 0 Å². The van der Waals surface area contributed by atoms with Crippen LogP contribution in [-0.4, -0.2) is 12.1 Å². The first-order valence-electron chi connectivity index (χ1n) is 14.6. The SMILES string of the molecule is CC(=O)O[C@H]1CC[C@]2(C)[C@H]3CC[C@@]4(C)[C@@H]5[C@@H](C)[C@H](C)CC[C@]5(C)CC[C@]4(C)C3=CC[C@H]2C1(C)C. The van der Waals surface area contributed by atoms with Gasteiger partial charge >= 0.3 is 5.97 Å². The lowest BCUT2D eigenvalue weighted by molar-refractivity contribution is -0.193. The summed E-state index contributed by atoms with van der Waals surface area (Å²) in [6, 6.07) is 0. The zero-order valence-corrected chi connectivity index (χ0v) is 23.7. The molecule has 0 N–H and O–H groups in total. The molecular weight excluding hydrogens is 416 g/mol. The van der Waals surface area contributed by atoms with Crippen LogP contribution >= 0.6 is 0 Å². The van der Waals surface area contributed by atoms with Crippen molar-refractivity contribution in [3.63, 3.8) is 0 Å². The Morgan fingerprint density at radius 1 is 0.912 bits per heavy atom. The number of carbonyl (C=O) groups is 1. The molecule has 4 saturated carbocycles. The summed E-state index contributed by atoms with van der Waals surface area (Å²) in [6.45, 7) is 22.2. The Kier molecular flexibility index (Phi) is 5.57. The fourth-order valence-electron chi connectivity index (χ4n) is 11.4. The molecule has 4 fully saturated rings. The van der Waals surface area contributed by atoms with E-state index in [2.05, 4.69) is 61.5 Å². The number of allylic oxidation sites excluding steroid dienone is 2. The summed E-state index contributed by atoms with van der Waals surface area (Å²) in [5.74, 6) is 3.69. The third kappa shape index (κ3) is 3.08. The second-order valence-electron chi connectivity index (χ2n) is 15.3. The molecule has 2 heteroatoms. The van der Waals surface area contributed by atoms with Gasteiger partial charge in [0.15, 0.2) is 0 Å². The summed E-state index contributed by atoms with van der Waals surface area (Å²) in [6.07, 6.45) is 14.5. The quantitative estimate of drug-likeness (QED) is 0.284. The Hall–Kier alpha value is -0.790. The van der Waals surface area contributed by atoms with Gasteiger partial charge < -0.3 is 4.74 Å². The number of rotatable bonds is 1. The molecule has 0 aliphatic heterocycles. The van der Waals surface area contributed by atoms with Crippen LogP contribution < -0.4 is 0 Å². The van der Waals surface area contributed by atoms with Gasteiger partial charge in [0, 0.05) is 12.3 Å². The lowest BCUT2D eigenvalue weighted by Crippen LogP contribution is -2.64. The summed E-state index contributed by atoms with van der Waals surface area (Å²) in [5.41, 5.74) is 3.45. The fourth-order valence-corrected chi connectivity index (χ4v) is 11.4. The highest BCUT2D eigenvalue weighted by molar-refractivity contribution is 5.66. The maximum atomic E-state index is 11.9. The fraction of sp³-hybridized carbons (Fsp3) is 0.906. The van der Waals surface area contributed by atoms with Crippen LogP contribution in [-0.2, 0) is 9.53 Å². The minimum absolute atomic E-state index is 0.0286. The number of esters is 1. The number of ether oxygens (including phenoxy) is 1. The number of fused-ring (bicyclic) bond motifs is 7. The normalized spacial score (nSPS) is 54.0. The van der Waals surface area contributed by atoms with Gasteiger partial charge in [-0.25, -0.2) is 0 Å². The number of hydrogen-bond donors (Lipinski definition) is 0. The van der Waals surface area contributed by atoms with E-state index in [-0.39, 0.29) is 17.5 Å². The minimum Gasteiger partial charge on any atom is -0.462 e. The molecule has 0 aromatic rings. The molecule has 5 rings (SSSR count). The second-order valence-corrected chi connectivity index (χ2v) is 15.3. The van der Waals surface area contributed by atoms with Gasteiger partial charge in [0.05, 0.1) is 0 Å². The smallest absolute Gasteiger partial charge is 0.302 e. The van der Waals surface area contributed by atoms with E-state index in [0.29, 0.717) is 33.5 Å². The van der Waals surface area contributed by atoms with Crippen molar-refractivity contribution < 1.29 is 9.53 Å². The first-order valence-corrected chi connectivity index (χ1v) is 14.6. The van der Waals surface area contributed by atoms with Crippen LogP contribution in [0.4, 0.5) is 0 Å². The predicted molar refractivity (Wildman–Crippen MR) is 140 cm³/mol. The van der Waals surface area contributed by atoms with Crippen LogP contribution in [0.25, 0.3) is 0 Å².